The number of hydrogen-bond acceptors (Lipinski definition) is 4. The average molecular weight is 314 g/mol. The van der Waals surface area contributed by atoms with Crippen LogP contribution < -0.4 is 10.6 Å². The molecule has 1 aliphatic heterocycles. The van der Waals surface area contributed by atoms with E-state index in [4.69, 9.17) is 0 Å². The van der Waals surface area contributed by atoms with Crippen molar-refractivity contribution in [1.82, 2.24) is 30.8 Å². The Balaban J connectivity index is 1.49. The lowest BCUT2D eigenvalue weighted by molar-refractivity contribution is 0.0944. The number of amides is 1. The Morgan fingerprint density at radius 2 is 2.30 bits per heavy atom. The minimum Gasteiger partial charge on any atom is -0.343 e. The van der Waals surface area contributed by atoms with Crippen molar-refractivity contribution in [2.75, 3.05) is 6.54 Å². The van der Waals surface area contributed by atoms with Gasteiger partial charge in [0.15, 0.2) is 5.69 Å². The number of rotatable bonds is 3. The van der Waals surface area contributed by atoms with E-state index < -0.39 is 0 Å². The Morgan fingerprint density at radius 3 is 3.22 bits per heavy atom. The smallest absolute Gasteiger partial charge is 0.272 e. The van der Waals surface area contributed by atoms with Gasteiger partial charge in [-0.3, -0.25) is 9.89 Å². The van der Waals surface area contributed by atoms with Gasteiger partial charge in [-0.15, -0.1) is 0 Å². The fourth-order valence-corrected chi connectivity index (χ4v) is 2.78. The summed E-state index contributed by atoms with van der Waals surface area (Å²) < 4.78 is 13.2. The molecule has 3 heterocycles. The van der Waals surface area contributed by atoms with Crippen LogP contribution in [0.15, 0.2) is 18.2 Å². The molecule has 0 fully saturated rings. The number of aromatic amines is 2. The lowest BCUT2D eigenvalue weighted by Crippen LogP contribution is -2.28. The summed E-state index contributed by atoms with van der Waals surface area (Å²) in [4.78, 5) is 19.6. The number of halogens is 1. The lowest BCUT2D eigenvalue weighted by atomic mass is 10.1. The van der Waals surface area contributed by atoms with E-state index in [-0.39, 0.29) is 18.3 Å². The Bertz CT molecular complexity index is 883. The maximum atomic E-state index is 13.2. The number of hydrogen-bond donors (Lipinski definition) is 4. The van der Waals surface area contributed by atoms with E-state index in [1.165, 1.54) is 12.1 Å². The number of carbonyl (C=O) groups excluding carboxylic acids is 1. The van der Waals surface area contributed by atoms with E-state index in [2.05, 4.69) is 30.8 Å². The van der Waals surface area contributed by atoms with Crippen LogP contribution in [0.1, 0.15) is 27.6 Å². The topological polar surface area (TPSA) is 98.5 Å². The van der Waals surface area contributed by atoms with Crippen LogP contribution in [-0.2, 0) is 19.5 Å². The second-order valence-corrected chi connectivity index (χ2v) is 5.48. The molecule has 0 unspecified atom stereocenters. The third kappa shape index (κ3) is 2.57. The van der Waals surface area contributed by atoms with Gasteiger partial charge in [0, 0.05) is 30.8 Å². The summed E-state index contributed by atoms with van der Waals surface area (Å²) in [7, 11) is 0. The molecule has 0 bridgehead atoms. The highest BCUT2D eigenvalue weighted by Crippen LogP contribution is 2.16. The van der Waals surface area contributed by atoms with Gasteiger partial charge in [0.2, 0.25) is 0 Å². The van der Waals surface area contributed by atoms with Crippen LogP contribution in [-0.4, -0.2) is 32.6 Å². The molecule has 1 amide bonds. The van der Waals surface area contributed by atoms with E-state index >= 15 is 0 Å². The molecule has 0 saturated heterocycles. The zero-order chi connectivity index (χ0) is 15.8. The molecule has 3 aromatic rings. The zero-order valence-corrected chi connectivity index (χ0v) is 12.2. The maximum absolute atomic E-state index is 13.2. The van der Waals surface area contributed by atoms with Crippen LogP contribution in [0.25, 0.3) is 11.0 Å². The number of H-pyrrole nitrogens is 2. The molecule has 1 aliphatic rings. The zero-order valence-electron chi connectivity index (χ0n) is 12.2. The SMILES string of the molecule is O=C(NCc1nc2ccc(F)cc2[nH]1)c1n[nH]c2c1CNCC2. The van der Waals surface area contributed by atoms with Gasteiger partial charge >= 0.3 is 0 Å². The van der Waals surface area contributed by atoms with E-state index in [0.29, 0.717) is 29.1 Å². The van der Waals surface area contributed by atoms with E-state index in [1.807, 2.05) is 0 Å². The van der Waals surface area contributed by atoms with Crippen molar-refractivity contribution in [3.63, 3.8) is 0 Å². The van der Waals surface area contributed by atoms with Crippen molar-refractivity contribution in [2.24, 2.45) is 0 Å². The number of fused-ring (bicyclic) bond motifs is 2. The monoisotopic (exact) mass is 314 g/mol. The molecule has 7 nitrogen and oxygen atoms in total. The second kappa shape index (κ2) is 5.47. The summed E-state index contributed by atoms with van der Waals surface area (Å²) in [6.45, 7) is 1.74. The predicted octanol–water partition coefficient (Wildman–Crippen LogP) is 1.00. The van der Waals surface area contributed by atoms with Crippen LogP contribution in [0.5, 0.6) is 0 Å². The van der Waals surface area contributed by atoms with Crippen molar-refractivity contribution in [3.8, 4) is 0 Å². The first-order valence-corrected chi connectivity index (χ1v) is 7.40. The molecule has 0 atom stereocenters. The summed E-state index contributed by atoms with van der Waals surface area (Å²) in [6.07, 6.45) is 0.838. The quantitative estimate of drug-likeness (QED) is 0.579. The predicted molar refractivity (Wildman–Crippen MR) is 81.2 cm³/mol. The van der Waals surface area contributed by atoms with Gasteiger partial charge in [0.1, 0.15) is 11.6 Å². The van der Waals surface area contributed by atoms with Gasteiger partial charge in [-0.05, 0) is 18.2 Å². The molecule has 4 rings (SSSR count). The maximum Gasteiger partial charge on any atom is 0.272 e. The molecule has 0 radical (unpaired) electrons. The number of imidazole rings is 1. The van der Waals surface area contributed by atoms with Crippen LogP contribution >= 0.6 is 0 Å². The van der Waals surface area contributed by atoms with Gasteiger partial charge < -0.3 is 15.6 Å². The van der Waals surface area contributed by atoms with Crippen molar-refractivity contribution < 1.29 is 9.18 Å². The van der Waals surface area contributed by atoms with Crippen molar-refractivity contribution in [2.45, 2.75) is 19.5 Å². The second-order valence-electron chi connectivity index (χ2n) is 5.48. The number of nitrogens with one attached hydrogen (secondary N) is 4. The minimum atomic E-state index is -0.326. The van der Waals surface area contributed by atoms with Crippen molar-refractivity contribution in [3.05, 3.63) is 46.8 Å². The number of benzene rings is 1. The molecule has 2 aromatic heterocycles. The summed E-state index contributed by atoms with van der Waals surface area (Å²) in [5.41, 5.74) is 3.61. The van der Waals surface area contributed by atoms with Crippen LogP contribution in [0.3, 0.4) is 0 Å². The third-order valence-electron chi connectivity index (χ3n) is 3.93. The van der Waals surface area contributed by atoms with Gasteiger partial charge in [0.25, 0.3) is 5.91 Å². The number of carbonyl (C=O) groups is 1. The normalized spacial score (nSPS) is 14.0. The molecule has 8 heteroatoms. The molecule has 1 aromatic carbocycles. The van der Waals surface area contributed by atoms with Crippen molar-refractivity contribution in [1.29, 1.82) is 0 Å². The summed E-state index contributed by atoms with van der Waals surface area (Å²) in [5.74, 6) is -0.00768. The van der Waals surface area contributed by atoms with Gasteiger partial charge in [0.05, 0.1) is 17.6 Å². The highest BCUT2D eigenvalue weighted by Gasteiger charge is 2.21. The molecule has 0 aliphatic carbocycles. The van der Waals surface area contributed by atoms with Crippen LogP contribution in [0, 0.1) is 5.82 Å². The van der Waals surface area contributed by atoms with E-state index in [0.717, 1.165) is 24.2 Å². The highest BCUT2D eigenvalue weighted by molar-refractivity contribution is 5.94. The van der Waals surface area contributed by atoms with Gasteiger partial charge in [-0.1, -0.05) is 0 Å². The Kier molecular flexibility index (Phi) is 3.30. The molecular weight excluding hydrogens is 299 g/mol. The first-order valence-electron chi connectivity index (χ1n) is 7.40. The first kappa shape index (κ1) is 13.9. The Morgan fingerprint density at radius 1 is 1.39 bits per heavy atom. The van der Waals surface area contributed by atoms with E-state index in [1.54, 1.807) is 6.07 Å². The first-order chi connectivity index (χ1) is 11.2. The largest absolute Gasteiger partial charge is 0.343 e. The van der Waals surface area contributed by atoms with Crippen molar-refractivity contribution >= 4 is 16.9 Å². The number of nitrogens with zero attached hydrogens (tertiary/aromatic N) is 2. The fraction of sp³-hybridized carbons (Fsp3) is 0.267. The summed E-state index contributed by atoms with van der Waals surface area (Å²) in [6, 6.07) is 4.33. The van der Waals surface area contributed by atoms with Gasteiger partial charge in [-0.25, -0.2) is 9.37 Å². The number of aromatic nitrogens is 4. The highest BCUT2D eigenvalue weighted by atomic mass is 19.1. The molecule has 0 saturated carbocycles. The lowest BCUT2D eigenvalue weighted by Gasteiger charge is -2.12. The molecule has 4 N–H and O–H groups in total. The third-order valence-corrected chi connectivity index (χ3v) is 3.93. The van der Waals surface area contributed by atoms with Crippen LogP contribution in [0.4, 0.5) is 4.39 Å². The molecular formula is C15H15FN6O. The van der Waals surface area contributed by atoms with Crippen LogP contribution in [0.2, 0.25) is 0 Å². The standard InChI is InChI=1S/C15H15FN6O/c16-8-1-2-11-12(5-8)20-13(19-11)7-18-15(23)14-9-6-17-4-3-10(9)21-22-14/h1-2,5,17H,3-4,6-7H2,(H,18,23)(H,19,20)(H,21,22). The minimum absolute atomic E-state index is 0.226. The summed E-state index contributed by atoms with van der Waals surface area (Å²) in [5, 5.41) is 13.0. The molecule has 118 valence electrons. The van der Waals surface area contributed by atoms with Gasteiger partial charge in [-0.2, -0.15) is 5.10 Å². The average Bonchev–Trinajstić information content (AvgIpc) is 3.15. The fourth-order valence-electron chi connectivity index (χ4n) is 2.78. The Labute approximate surface area is 130 Å². The molecule has 0 spiro atoms. The Hall–Kier alpha value is -2.74. The molecule has 23 heavy (non-hydrogen) atoms. The summed E-state index contributed by atoms with van der Waals surface area (Å²) >= 11 is 0. The van der Waals surface area contributed by atoms with E-state index in [9.17, 15) is 9.18 Å².